The number of sulfonamides is 1. The van der Waals surface area contributed by atoms with Crippen molar-refractivity contribution in [3.8, 4) is 0 Å². The summed E-state index contributed by atoms with van der Waals surface area (Å²) in [5.41, 5.74) is -0.530. The van der Waals surface area contributed by atoms with Crippen molar-refractivity contribution in [3.63, 3.8) is 0 Å². The molecule has 0 saturated heterocycles. The molecule has 0 unspecified atom stereocenters. The summed E-state index contributed by atoms with van der Waals surface area (Å²) in [5, 5.41) is 3.14. The molecule has 98 valence electrons. The maximum Gasteiger partial charge on any atom is 0.209 e. The van der Waals surface area contributed by atoms with Crippen LogP contribution in [0, 0.1) is 0 Å². The second-order valence-corrected chi connectivity index (χ2v) is 7.10. The molecule has 2 N–H and O–H groups in total. The van der Waals surface area contributed by atoms with E-state index in [0.29, 0.717) is 17.8 Å². The van der Waals surface area contributed by atoms with Crippen molar-refractivity contribution in [1.29, 1.82) is 0 Å². The van der Waals surface area contributed by atoms with Crippen LogP contribution >= 0.6 is 15.9 Å². The van der Waals surface area contributed by atoms with E-state index in [2.05, 4.69) is 26.0 Å². The first kappa shape index (κ1) is 14.7. The fourth-order valence-corrected chi connectivity index (χ4v) is 2.90. The third-order valence-electron chi connectivity index (χ3n) is 1.96. The highest BCUT2D eigenvalue weighted by Crippen LogP contribution is 2.13. The van der Waals surface area contributed by atoms with E-state index in [1.165, 1.54) is 0 Å². The first-order valence-electron chi connectivity index (χ1n) is 5.12. The number of halogens is 1. The quantitative estimate of drug-likeness (QED) is 0.831. The summed E-state index contributed by atoms with van der Waals surface area (Å²) in [5.74, 6) is 0.798. The fourth-order valence-electron chi connectivity index (χ4n) is 1.48. The van der Waals surface area contributed by atoms with Gasteiger partial charge in [0.05, 0.1) is 12.8 Å². The molecule has 0 fully saturated rings. The topological polar surface area (TPSA) is 71.3 Å². The van der Waals surface area contributed by atoms with Crippen LogP contribution in [-0.4, -0.2) is 26.8 Å². The highest BCUT2D eigenvalue weighted by atomic mass is 79.9. The summed E-state index contributed by atoms with van der Waals surface area (Å²) in [7, 11) is -3.19. The average molecular weight is 325 g/mol. The van der Waals surface area contributed by atoms with E-state index in [0.717, 1.165) is 12.0 Å². The lowest BCUT2D eigenvalue weighted by atomic mass is 10.1. The summed E-state index contributed by atoms with van der Waals surface area (Å²) in [6, 6.07) is 3.67. The second-order valence-electron chi connectivity index (χ2n) is 4.57. The van der Waals surface area contributed by atoms with Gasteiger partial charge in [-0.1, -0.05) is 0 Å². The molecule has 0 atom stereocenters. The van der Waals surface area contributed by atoms with Crippen LogP contribution in [0.25, 0.3) is 0 Å². The summed E-state index contributed by atoms with van der Waals surface area (Å²) in [6.45, 7) is 4.71. The standard InChI is InChI=1S/C10H17BrN2O3S/c1-10(2,13-17(3,14)15)7-12-6-8-4-5-9(11)16-8/h4-5,12-13H,6-7H2,1-3H3. The van der Waals surface area contributed by atoms with E-state index in [1.807, 2.05) is 26.0 Å². The molecule has 0 aliphatic carbocycles. The summed E-state index contributed by atoms with van der Waals surface area (Å²) in [6.07, 6.45) is 1.15. The van der Waals surface area contributed by atoms with E-state index >= 15 is 0 Å². The third-order valence-corrected chi connectivity index (χ3v) is 3.31. The maximum atomic E-state index is 11.1. The van der Waals surface area contributed by atoms with Crippen LogP contribution < -0.4 is 10.0 Å². The number of rotatable bonds is 6. The SMILES string of the molecule is CC(C)(CNCc1ccc(Br)o1)NS(C)(=O)=O. The Balaban J connectivity index is 2.40. The van der Waals surface area contributed by atoms with Crippen molar-refractivity contribution in [1.82, 2.24) is 10.0 Å². The average Bonchev–Trinajstić information content (AvgIpc) is 2.46. The van der Waals surface area contributed by atoms with Gasteiger partial charge >= 0.3 is 0 Å². The van der Waals surface area contributed by atoms with E-state index in [1.54, 1.807) is 0 Å². The Morgan fingerprint density at radius 1 is 1.41 bits per heavy atom. The predicted octanol–water partition coefficient (Wildman–Crippen LogP) is 1.46. The lowest BCUT2D eigenvalue weighted by molar-refractivity contribution is 0.400. The number of nitrogens with one attached hydrogen (secondary N) is 2. The molecule has 0 aromatic carbocycles. The van der Waals surface area contributed by atoms with Gasteiger partial charge in [-0.15, -0.1) is 0 Å². The molecule has 1 aromatic rings. The zero-order chi connectivity index (χ0) is 13.1. The molecule has 17 heavy (non-hydrogen) atoms. The van der Waals surface area contributed by atoms with Crippen molar-refractivity contribution in [3.05, 3.63) is 22.6 Å². The fraction of sp³-hybridized carbons (Fsp3) is 0.600. The van der Waals surface area contributed by atoms with Crippen LogP contribution in [-0.2, 0) is 16.6 Å². The minimum Gasteiger partial charge on any atom is -0.453 e. The van der Waals surface area contributed by atoms with Gasteiger partial charge in [-0.2, -0.15) is 0 Å². The number of hydrogen-bond donors (Lipinski definition) is 2. The molecular weight excluding hydrogens is 308 g/mol. The monoisotopic (exact) mass is 324 g/mol. The molecule has 5 nitrogen and oxygen atoms in total. The molecule has 0 aliphatic heterocycles. The molecule has 1 rings (SSSR count). The zero-order valence-electron chi connectivity index (χ0n) is 10.1. The van der Waals surface area contributed by atoms with Gasteiger partial charge in [0.15, 0.2) is 4.67 Å². The van der Waals surface area contributed by atoms with E-state index in [-0.39, 0.29) is 0 Å². The highest BCUT2D eigenvalue weighted by Gasteiger charge is 2.21. The summed E-state index contributed by atoms with van der Waals surface area (Å²) < 4.78 is 30.8. The normalized spacial score (nSPS) is 12.9. The number of furan rings is 1. The lowest BCUT2D eigenvalue weighted by Gasteiger charge is -2.25. The van der Waals surface area contributed by atoms with Crippen LogP contribution in [0.15, 0.2) is 21.2 Å². The highest BCUT2D eigenvalue weighted by molar-refractivity contribution is 9.10. The van der Waals surface area contributed by atoms with Gasteiger partial charge in [0, 0.05) is 12.1 Å². The van der Waals surface area contributed by atoms with E-state index in [4.69, 9.17) is 4.42 Å². The Bertz CT molecular complexity index is 468. The minimum absolute atomic E-state index is 0.512. The van der Waals surface area contributed by atoms with Crippen molar-refractivity contribution in [2.24, 2.45) is 0 Å². The van der Waals surface area contributed by atoms with Gasteiger partial charge in [0.2, 0.25) is 10.0 Å². The molecular formula is C10H17BrN2O3S. The first-order chi connectivity index (χ1) is 7.68. The van der Waals surface area contributed by atoms with Crippen molar-refractivity contribution < 1.29 is 12.8 Å². The summed E-state index contributed by atoms with van der Waals surface area (Å²) in [4.78, 5) is 0. The zero-order valence-corrected chi connectivity index (χ0v) is 12.5. The molecule has 0 bridgehead atoms. The van der Waals surface area contributed by atoms with Crippen LogP contribution in [0.2, 0.25) is 0 Å². The lowest BCUT2D eigenvalue weighted by Crippen LogP contribution is -2.49. The van der Waals surface area contributed by atoms with Crippen molar-refractivity contribution >= 4 is 26.0 Å². The van der Waals surface area contributed by atoms with Gasteiger partial charge in [0.25, 0.3) is 0 Å². The van der Waals surface area contributed by atoms with Crippen LogP contribution in [0.5, 0.6) is 0 Å². The van der Waals surface area contributed by atoms with E-state index < -0.39 is 15.6 Å². The molecule has 0 amide bonds. The van der Waals surface area contributed by atoms with Crippen molar-refractivity contribution in [2.45, 2.75) is 25.9 Å². The van der Waals surface area contributed by atoms with Gasteiger partial charge in [0.1, 0.15) is 5.76 Å². The van der Waals surface area contributed by atoms with Gasteiger partial charge in [-0.05, 0) is 41.9 Å². The molecule has 0 radical (unpaired) electrons. The molecule has 0 spiro atoms. The van der Waals surface area contributed by atoms with Crippen LogP contribution in [0.1, 0.15) is 19.6 Å². The Labute approximate surface area is 110 Å². The van der Waals surface area contributed by atoms with Gasteiger partial charge < -0.3 is 9.73 Å². The Morgan fingerprint density at radius 2 is 2.06 bits per heavy atom. The first-order valence-corrected chi connectivity index (χ1v) is 7.80. The smallest absolute Gasteiger partial charge is 0.209 e. The number of hydrogen-bond acceptors (Lipinski definition) is 4. The Kier molecular flexibility index (Phi) is 4.77. The summed E-state index contributed by atoms with van der Waals surface area (Å²) >= 11 is 3.22. The van der Waals surface area contributed by atoms with Crippen LogP contribution in [0.4, 0.5) is 0 Å². The molecule has 1 aromatic heterocycles. The Hall–Kier alpha value is -0.370. The van der Waals surface area contributed by atoms with Crippen molar-refractivity contribution in [2.75, 3.05) is 12.8 Å². The van der Waals surface area contributed by atoms with Gasteiger partial charge in [-0.25, -0.2) is 13.1 Å². The van der Waals surface area contributed by atoms with E-state index in [9.17, 15) is 8.42 Å². The molecule has 0 aliphatic rings. The van der Waals surface area contributed by atoms with Gasteiger partial charge in [-0.3, -0.25) is 0 Å². The molecule has 1 heterocycles. The third kappa shape index (κ3) is 6.21. The molecule has 7 heteroatoms. The predicted molar refractivity (Wildman–Crippen MR) is 70.2 cm³/mol. The second kappa shape index (κ2) is 5.51. The minimum atomic E-state index is -3.19. The van der Waals surface area contributed by atoms with Crippen LogP contribution in [0.3, 0.4) is 0 Å². The largest absolute Gasteiger partial charge is 0.453 e. The molecule has 0 saturated carbocycles. The Morgan fingerprint density at radius 3 is 2.53 bits per heavy atom. The maximum absolute atomic E-state index is 11.1.